The van der Waals surface area contributed by atoms with Crippen molar-refractivity contribution in [2.24, 2.45) is 0 Å². The van der Waals surface area contributed by atoms with Gasteiger partial charge in [0.2, 0.25) is 5.91 Å². The van der Waals surface area contributed by atoms with E-state index in [1.54, 1.807) is 18.5 Å². The smallest absolute Gasteiger partial charge is 0.316 e. The van der Waals surface area contributed by atoms with Crippen LogP contribution < -0.4 is 10.1 Å². The van der Waals surface area contributed by atoms with Gasteiger partial charge in [0.1, 0.15) is 6.10 Å². The maximum atomic E-state index is 12.2. The maximum Gasteiger partial charge on any atom is 0.316 e. The van der Waals surface area contributed by atoms with E-state index < -0.39 is 0 Å². The van der Waals surface area contributed by atoms with Gasteiger partial charge in [0.15, 0.2) is 0 Å². The van der Waals surface area contributed by atoms with Crippen molar-refractivity contribution in [1.29, 1.82) is 0 Å². The lowest BCUT2D eigenvalue weighted by Crippen LogP contribution is -2.40. The Morgan fingerprint density at radius 3 is 2.58 bits per heavy atom. The Bertz CT molecular complexity index is 673. The SMILES string of the molecule is CC(NC(=O)CCN1CCC(Oc2ncccn2)CC1)c1ccccc1. The minimum absolute atomic E-state index is 0.0358. The third-order valence-electron chi connectivity index (χ3n) is 4.68. The van der Waals surface area contributed by atoms with Crippen LogP contribution in [0.15, 0.2) is 48.8 Å². The van der Waals surface area contributed by atoms with Crippen molar-refractivity contribution < 1.29 is 9.53 Å². The maximum absolute atomic E-state index is 12.2. The summed E-state index contributed by atoms with van der Waals surface area (Å²) < 4.78 is 5.80. The molecule has 6 heteroatoms. The van der Waals surface area contributed by atoms with Crippen LogP contribution in [-0.2, 0) is 4.79 Å². The molecular weight excluding hydrogens is 328 g/mol. The fourth-order valence-corrected chi connectivity index (χ4v) is 3.14. The van der Waals surface area contributed by atoms with Crippen LogP contribution in [-0.4, -0.2) is 46.5 Å². The quantitative estimate of drug-likeness (QED) is 0.828. The van der Waals surface area contributed by atoms with Gasteiger partial charge in [-0.25, -0.2) is 9.97 Å². The van der Waals surface area contributed by atoms with Gasteiger partial charge in [-0.3, -0.25) is 4.79 Å². The summed E-state index contributed by atoms with van der Waals surface area (Å²) in [5, 5.41) is 3.07. The van der Waals surface area contributed by atoms with Crippen LogP contribution in [0.3, 0.4) is 0 Å². The lowest BCUT2D eigenvalue weighted by molar-refractivity contribution is -0.122. The molecule has 6 nitrogen and oxygen atoms in total. The number of piperidine rings is 1. The fraction of sp³-hybridized carbons (Fsp3) is 0.450. The molecule has 1 unspecified atom stereocenters. The summed E-state index contributed by atoms with van der Waals surface area (Å²) in [6, 6.07) is 12.3. The van der Waals surface area contributed by atoms with Gasteiger partial charge in [-0.05, 0) is 31.4 Å². The summed E-state index contributed by atoms with van der Waals surface area (Å²) in [5.41, 5.74) is 1.13. The topological polar surface area (TPSA) is 67.4 Å². The van der Waals surface area contributed by atoms with Crippen LogP contribution >= 0.6 is 0 Å². The molecule has 1 aliphatic heterocycles. The zero-order valence-corrected chi connectivity index (χ0v) is 15.2. The van der Waals surface area contributed by atoms with Crippen LogP contribution in [0.2, 0.25) is 0 Å². The summed E-state index contributed by atoms with van der Waals surface area (Å²) in [5.74, 6) is 0.0948. The van der Waals surface area contributed by atoms with Crippen molar-refractivity contribution in [3.05, 3.63) is 54.4 Å². The van der Waals surface area contributed by atoms with Gasteiger partial charge < -0.3 is 15.0 Å². The first-order valence-electron chi connectivity index (χ1n) is 9.21. The van der Waals surface area contributed by atoms with Crippen LogP contribution in [0.1, 0.15) is 37.8 Å². The van der Waals surface area contributed by atoms with Crippen LogP contribution in [0.5, 0.6) is 6.01 Å². The zero-order valence-electron chi connectivity index (χ0n) is 15.2. The highest BCUT2D eigenvalue weighted by Gasteiger charge is 2.21. The number of hydrogen-bond acceptors (Lipinski definition) is 5. The molecule has 1 atom stereocenters. The Kier molecular flexibility index (Phi) is 6.55. The number of benzene rings is 1. The predicted molar refractivity (Wildman–Crippen MR) is 99.7 cm³/mol. The number of hydrogen-bond donors (Lipinski definition) is 1. The molecule has 0 saturated carbocycles. The van der Waals surface area contributed by atoms with E-state index in [2.05, 4.69) is 20.2 Å². The van der Waals surface area contributed by atoms with E-state index in [0.29, 0.717) is 12.4 Å². The first-order chi connectivity index (χ1) is 12.7. The summed E-state index contributed by atoms with van der Waals surface area (Å²) in [6.45, 7) is 4.65. The standard InChI is InChI=1S/C20H26N4O2/c1-16(17-6-3-2-4-7-17)23-19(25)10-15-24-13-8-18(9-14-24)26-20-21-11-5-12-22-20/h2-7,11-12,16,18H,8-10,13-15H2,1H3,(H,23,25). The summed E-state index contributed by atoms with van der Waals surface area (Å²) >= 11 is 0. The zero-order chi connectivity index (χ0) is 18.2. The van der Waals surface area contributed by atoms with E-state index in [0.717, 1.165) is 38.0 Å². The molecular formula is C20H26N4O2. The second-order valence-electron chi connectivity index (χ2n) is 6.64. The Labute approximate surface area is 154 Å². The first kappa shape index (κ1) is 18.3. The van der Waals surface area contributed by atoms with Crippen molar-refractivity contribution in [1.82, 2.24) is 20.2 Å². The Morgan fingerprint density at radius 1 is 1.19 bits per heavy atom. The van der Waals surface area contributed by atoms with Crippen LogP contribution in [0.25, 0.3) is 0 Å². The normalized spacial score (nSPS) is 16.8. The van der Waals surface area contributed by atoms with Gasteiger partial charge in [0.05, 0.1) is 6.04 Å². The highest BCUT2D eigenvalue weighted by Crippen LogP contribution is 2.16. The van der Waals surface area contributed by atoms with Gasteiger partial charge in [-0.1, -0.05) is 30.3 Å². The number of aromatic nitrogens is 2. The number of carbonyl (C=O) groups is 1. The summed E-state index contributed by atoms with van der Waals surface area (Å²) in [4.78, 5) is 22.7. The highest BCUT2D eigenvalue weighted by molar-refractivity contribution is 5.76. The number of ether oxygens (including phenoxy) is 1. The van der Waals surface area contributed by atoms with E-state index >= 15 is 0 Å². The third-order valence-corrected chi connectivity index (χ3v) is 4.68. The molecule has 1 N–H and O–H groups in total. The first-order valence-corrected chi connectivity index (χ1v) is 9.21. The molecule has 1 amide bonds. The Morgan fingerprint density at radius 2 is 1.88 bits per heavy atom. The van der Waals surface area contributed by atoms with Gasteiger partial charge >= 0.3 is 6.01 Å². The van der Waals surface area contributed by atoms with Crippen LogP contribution in [0, 0.1) is 0 Å². The predicted octanol–water partition coefficient (Wildman–Crippen LogP) is 2.59. The minimum atomic E-state index is 0.0358. The monoisotopic (exact) mass is 354 g/mol. The average molecular weight is 354 g/mol. The number of carbonyl (C=O) groups excluding carboxylic acids is 1. The second kappa shape index (κ2) is 9.29. The number of rotatable bonds is 7. The second-order valence-corrected chi connectivity index (χ2v) is 6.64. The molecule has 0 aliphatic carbocycles. The molecule has 0 radical (unpaired) electrons. The van der Waals surface area contributed by atoms with Crippen molar-refractivity contribution in [2.45, 2.75) is 38.3 Å². The van der Waals surface area contributed by atoms with E-state index in [4.69, 9.17) is 4.74 Å². The molecule has 2 heterocycles. The van der Waals surface area contributed by atoms with Crippen molar-refractivity contribution in [3.8, 4) is 6.01 Å². The number of amides is 1. The lowest BCUT2D eigenvalue weighted by atomic mass is 10.1. The molecule has 0 bridgehead atoms. The Balaban J connectivity index is 1.35. The van der Waals surface area contributed by atoms with E-state index in [1.165, 1.54) is 0 Å². The van der Waals surface area contributed by atoms with E-state index in [9.17, 15) is 4.79 Å². The number of nitrogens with one attached hydrogen (secondary N) is 1. The summed E-state index contributed by atoms with van der Waals surface area (Å²) in [7, 11) is 0. The van der Waals surface area contributed by atoms with E-state index in [1.807, 2.05) is 37.3 Å². The molecule has 1 saturated heterocycles. The molecule has 1 fully saturated rings. The van der Waals surface area contributed by atoms with Crippen molar-refractivity contribution in [2.75, 3.05) is 19.6 Å². The van der Waals surface area contributed by atoms with Crippen molar-refractivity contribution in [3.63, 3.8) is 0 Å². The molecule has 138 valence electrons. The van der Waals surface area contributed by atoms with Crippen LogP contribution in [0.4, 0.5) is 0 Å². The lowest BCUT2D eigenvalue weighted by Gasteiger charge is -2.31. The van der Waals surface area contributed by atoms with E-state index in [-0.39, 0.29) is 18.1 Å². The molecule has 0 spiro atoms. The molecule has 3 rings (SSSR count). The average Bonchev–Trinajstić information content (AvgIpc) is 2.69. The highest BCUT2D eigenvalue weighted by atomic mass is 16.5. The van der Waals surface area contributed by atoms with Crippen molar-refractivity contribution >= 4 is 5.91 Å². The Hall–Kier alpha value is -2.47. The van der Waals surface area contributed by atoms with Gasteiger partial charge in [-0.15, -0.1) is 0 Å². The molecule has 26 heavy (non-hydrogen) atoms. The molecule has 1 aromatic heterocycles. The fourth-order valence-electron chi connectivity index (χ4n) is 3.14. The molecule has 1 aliphatic rings. The molecule has 1 aromatic carbocycles. The largest absolute Gasteiger partial charge is 0.460 e. The van der Waals surface area contributed by atoms with Gasteiger partial charge in [0, 0.05) is 38.4 Å². The summed E-state index contributed by atoms with van der Waals surface area (Å²) in [6.07, 6.45) is 5.91. The molecule has 2 aromatic rings. The minimum Gasteiger partial charge on any atom is -0.460 e. The van der Waals surface area contributed by atoms with Gasteiger partial charge in [0.25, 0.3) is 0 Å². The number of likely N-dealkylation sites (tertiary alicyclic amines) is 1. The number of nitrogens with zero attached hydrogens (tertiary/aromatic N) is 3. The van der Waals surface area contributed by atoms with Gasteiger partial charge in [-0.2, -0.15) is 0 Å². The third kappa shape index (κ3) is 5.52.